The van der Waals surface area contributed by atoms with Crippen LogP contribution in [0.25, 0.3) is 0 Å². The average molecular weight is 576 g/mol. The fourth-order valence-electron chi connectivity index (χ4n) is 5.62. The van der Waals surface area contributed by atoms with E-state index in [9.17, 15) is 9.59 Å². The van der Waals surface area contributed by atoms with Gasteiger partial charge in [-0.1, -0.05) is 46.3 Å². The lowest BCUT2D eigenvalue weighted by molar-refractivity contribution is -0.117. The molecule has 3 aliphatic rings. The Kier molecular flexibility index (Phi) is 8.15. The van der Waals surface area contributed by atoms with E-state index in [0.717, 1.165) is 74.5 Å². The Bertz CT molecular complexity index is 1300. The van der Waals surface area contributed by atoms with Gasteiger partial charge in [-0.15, -0.1) is 0 Å². The molecule has 7 heteroatoms. The maximum atomic E-state index is 11.7. The molecule has 0 N–H and O–H groups in total. The molecule has 0 saturated carbocycles. The van der Waals surface area contributed by atoms with E-state index in [0.29, 0.717) is 0 Å². The number of benzene rings is 3. The standard InChI is InChI=1S/C21H25N3O.C10H10BrNO/c1-17(25)24-10-9-19-15-20(7-8-21(19)24)23-13-11-22(12-14-23)16-18-5-3-2-4-6-18;1-7(13)12-5-4-8-6-9(11)2-3-10(8)12/h2-8,15H,9-14,16H2,1H3;2-3,6H,4-5H2,1H3. The molecule has 2 amide bonds. The first-order valence-electron chi connectivity index (χ1n) is 13.4. The lowest BCUT2D eigenvalue weighted by Gasteiger charge is -2.36. The van der Waals surface area contributed by atoms with Gasteiger partial charge in [-0.25, -0.2) is 0 Å². The number of hydrogen-bond donors (Lipinski definition) is 0. The van der Waals surface area contributed by atoms with Crippen molar-refractivity contribution < 1.29 is 9.59 Å². The molecule has 3 aromatic carbocycles. The number of carbonyl (C=O) groups is 2. The lowest BCUT2D eigenvalue weighted by Crippen LogP contribution is -2.46. The van der Waals surface area contributed by atoms with Gasteiger partial charge in [0.15, 0.2) is 0 Å². The Hall–Kier alpha value is -3.16. The third-order valence-corrected chi connectivity index (χ3v) is 8.14. The summed E-state index contributed by atoms with van der Waals surface area (Å²) in [5.74, 6) is 0.266. The maximum Gasteiger partial charge on any atom is 0.223 e. The van der Waals surface area contributed by atoms with Crippen molar-refractivity contribution in [3.63, 3.8) is 0 Å². The molecular weight excluding hydrogens is 540 g/mol. The van der Waals surface area contributed by atoms with Crippen molar-refractivity contribution in [1.82, 2.24) is 4.90 Å². The summed E-state index contributed by atoms with van der Waals surface area (Å²) in [6.07, 6.45) is 1.94. The molecule has 1 fully saturated rings. The minimum Gasteiger partial charge on any atom is -0.369 e. The fourth-order valence-corrected chi connectivity index (χ4v) is 6.02. The van der Waals surface area contributed by atoms with Crippen molar-refractivity contribution in [1.29, 1.82) is 0 Å². The van der Waals surface area contributed by atoms with Crippen LogP contribution in [0.1, 0.15) is 30.5 Å². The molecular formula is C31H35BrN4O2. The maximum absolute atomic E-state index is 11.7. The molecule has 38 heavy (non-hydrogen) atoms. The van der Waals surface area contributed by atoms with Gasteiger partial charge in [0.1, 0.15) is 0 Å². The zero-order chi connectivity index (χ0) is 26.6. The smallest absolute Gasteiger partial charge is 0.223 e. The zero-order valence-corrected chi connectivity index (χ0v) is 23.8. The summed E-state index contributed by atoms with van der Waals surface area (Å²) in [6.45, 7) is 10.2. The predicted octanol–water partition coefficient (Wildman–Crippen LogP) is 5.28. The number of anilines is 3. The number of nitrogens with zero attached hydrogens (tertiary/aromatic N) is 4. The number of amides is 2. The van der Waals surface area contributed by atoms with E-state index >= 15 is 0 Å². The Morgan fingerprint density at radius 2 is 1.29 bits per heavy atom. The van der Waals surface area contributed by atoms with Crippen molar-refractivity contribution >= 4 is 44.8 Å². The van der Waals surface area contributed by atoms with Crippen molar-refractivity contribution in [3.8, 4) is 0 Å². The van der Waals surface area contributed by atoms with E-state index in [1.165, 1.54) is 22.4 Å². The second kappa shape index (κ2) is 11.7. The summed E-state index contributed by atoms with van der Waals surface area (Å²) in [4.78, 5) is 31.6. The van der Waals surface area contributed by atoms with Crippen LogP contribution in [0.5, 0.6) is 0 Å². The molecule has 0 spiro atoms. The summed E-state index contributed by atoms with van der Waals surface area (Å²) in [5, 5.41) is 0. The highest BCUT2D eigenvalue weighted by molar-refractivity contribution is 9.10. The van der Waals surface area contributed by atoms with E-state index in [-0.39, 0.29) is 11.8 Å². The second-order valence-electron chi connectivity index (χ2n) is 10.2. The van der Waals surface area contributed by atoms with Gasteiger partial charge in [-0.2, -0.15) is 0 Å². The number of hydrogen-bond acceptors (Lipinski definition) is 4. The SMILES string of the molecule is CC(=O)N1CCc2cc(Br)ccc21.CC(=O)N1CCc2cc(N3CCN(Cc4ccccc4)CC3)ccc21. The van der Waals surface area contributed by atoms with Crippen LogP contribution in [0, 0.1) is 0 Å². The van der Waals surface area contributed by atoms with Crippen LogP contribution in [-0.2, 0) is 29.0 Å². The highest BCUT2D eigenvalue weighted by Crippen LogP contribution is 2.32. The molecule has 0 bridgehead atoms. The second-order valence-corrected chi connectivity index (χ2v) is 11.1. The summed E-state index contributed by atoms with van der Waals surface area (Å²) in [6, 6.07) is 23.3. The van der Waals surface area contributed by atoms with Gasteiger partial charge in [-0.05, 0) is 65.9 Å². The van der Waals surface area contributed by atoms with Gasteiger partial charge in [0.05, 0.1) is 0 Å². The summed E-state index contributed by atoms with van der Waals surface area (Å²) >= 11 is 3.42. The largest absolute Gasteiger partial charge is 0.369 e. The fraction of sp³-hybridized carbons (Fsp3) is 0.355. The predicted molar refractivity (Wildman–Crippen MR) is 158 cm³/mol. The minimum atomic E-state index is 0.126. The van der Waals surface area contributed by atoms with Gasteiger partial charge in [0, 0.05) is 81.2 Å². The number of carbonyl (C=O) groups excluding carboxylic acids is 2. The molecule has 6 rings (SSSR count). The van der Waals surface area contributed by atoms with E-state index in [2.05, 4.69) is 80.3 Å². The first-order valence-corrected chi connectivity index (χ1v) is 14.2. The van der Waals surface area contributed by atoms with Crippen LogP contribution < -0.4 is 14.7 Å². The average Bonchev–Trinajstić information content (AvgIpc) is 3.54. The summed E-state index contributed by atoms with van der Waals surface area (Å²) in [7, 11) is 0. The number of piperazine rings is 1. The Morgan fingerprint density at radius 3 is 1.89 bits per heavy atom. The molecule has 3 heterocycles. The van der Waals surface area contributed by atoms with Gasteiger partial charge in [0.25, 0.3) is 0 Å². The van der Waals surface area contributed by atoms with Crippen molar-refractivity contribution in [3.05, 3.63) is 87.9 Å². The molecule has 6 nitrogen and oxygen atoms in total. The Labute approximate surface area is 234 Å². The molecule has 0 aromatic heterocycles. The molecule has 0 atom stereocenters. The van der Waals surface area contributed by atoms with Gasteiger partial charge >= 0.3 is 0 Å². The monoisotopic (exact) mass is 574 g/mol. The van der Waals surface area contributed by atoms with Gasteiger partial charge < -0.3 is 14.7 Å². The highest BCUT2D eigenvalue weighted by atomic mass is 79.9. The van der Waals surface area contributed by atoms with Crippen LogP contribution in [-0.4, -0.2) is 56.0 Å². The first-order chi connectivity index (χ1) is 18.4. The zero-order valence-electron chi connectivity index (χ0n) is 22.2. The van der Waals surface area contributed by atoms with Crippen LogP contribution in [0.15, 0.2) is 71.2 Å². The van der Waals surface area contributed by atoms with Crippen molar-refractivity contribution in [2.24, 2.45) is 0 Å². The van der Waals surface area contributed by atoms with Gasteiger partial charge in [0.2, 0.25) is 11.8 Å². The van der Waals surface area contributed by atoms with E-state index in [1.54, 1.807) is 13.8 Å². The van der Waals surface area contributed by atoms with Crippen LogP contribution in [0.3, 0.4) is 0 Å². The third-order valence-electron chi connectivity index (χ3n) is 7.64. The molecule has 3 aromatic rings. The first kappa shape index (κ1) is 26.4. The quantitative estimate of drug-likeness (QED) is 0.427. The Morgan fingerprint density at radius 1 is 0.711 bits per heavy atom. The van der Waals surface area contributed by atoms with Crippen molar-refractivity contribution in [2.45, 2.75) is 33.2 Å². The molecule has 0 aliphatic carbocycles. The van der Waals surface area contributed by atoms with E-state index in [1.807, 2.05) is 21.9 Å². The lowest BCUT2D eigenvalue weighted by atomic mass is 10.1. The topological polar surface area (TPSA) is 47.1 Å². The Balaban J connectivity index is 0.000000190. The number of rotatable bonds is 3. The van der Waals surface area contributed by atoms with E-state index in [4.69, 9.17) is 0 Å². The molecule has 0 radical (unpaired) electrons. The minimum absolute atomic E-state index is 0.126. The van der Waals surface area contributed by atoms with Crippen molar-refractivity contribution in [2.75, 3.05) is 54.0 Å². The van der Waals surface area contributed by atoms with Crippen LogP contribution in [0.2, 0.25) is 0 Å². The van der Waals surface area contributed by atoms with Crippen LogP contribution in [0.4, 0.5) is 17.1 Å². The summed E-state index contributed by atoms with van der Waals surface area (Å²) in [5.41, 5.74) is 7.40. The van der Waals surface area contributed by atoms with Crippen LogP contribution >= 0.6 is 15.9 Å². The molecule has 198 valence electrons. The number of halogens is 1. The number of fused-ring (bicyclic) bond motifs is 2. The molecule has 3 aliphatic heterocycles. The van der Waals surface area contributed by atoms with E-state index < -0.39 is 0 Å². The highest BCUT2D eigenvalue weighted by Gasteiger charge is 2.24. The molecule has 0 unspecified atom stereocenters. The molecule has 1 saturated heterocycles. The summed E-state index contributed by atoms with van der Waals surface area (Å²) < 4.78 is 1.08. The van der Waals surface area contributed by atoms with Gasteiger partial charge in [-0.3, -0.25) is 14.5 Å². The normalized spacial score (nSPS) is 16.6. The third kappa shape index (κ3) is 5.94.